The smallest absolute Gasteiger partial charge is 0.124 e. The van der Waals surface area contributed by atoms with Gasteiger partial charge in [-0.05, 0) is 67.3 Å². The zero-order valence-electron chi connectivity index (χ0n) is 16.6. The molecular formula is C23H27Cl2FN2O2. The Labute approximate surface area is 187 Å². The van der Waals surface area contributed by atoms with Crippen LogP contribution in [0.2, 0.25) is 5.02 Å². The summed E-state index contributed by atoms with van der Waals surface area (Å²) in [6.45, 7) is 0.877. The SMILES string of the molecule is Cl.O[C@H]1C[C@H](CN2C3CCC2[C@H](O)[C@@H](c2ccc(F)cc2Cl)C3)Cc2cccnc21. The summed E-state index contributed by atoms with van der Waals surface area (Å²) in [5, 5.41) is 22.1. The number of benzene rings is 1. The topological polar surface area (TPSA) is 56.6 Å². The van der Waals surface area contributed by atoms with Crippen LogP contribution in [0.15, 0.2) is 36.5 Å². The number of aliphatic hydroxyl groups excluding tert-OH is 2. The predicted octanol–water partition coefficient (Wildman–Crippen LogP) is 4.27. The van der Waals surface area contributed by atoms with E-state index in [0.717, 1.165) is 49.0 Å². The van der Waals surface area contributed by atoms with Crippen LogP contribution >= 0.6 is 24.0 Å². The Hall–Kier alpha value is -1.24. The molecule has 30 heavy (non-hydrogen) atoms. The van der Waals surface area contributed by atoms with Crippen LogP contribution in [0.5, 0.6) is 0 Å². The molecule has 2 fully saturated rings. The lowest BCUT2D eigenvalue weighted by Gasteiger charge is -2.45. The summed E-state index contributed by atoms with van der Waals surface area (Å²) in [5.41, 5.74) is 2.80. The van der Waals surface area contributed by atoms with Crippen LogP contribution in [0.25, 0.3) is 0 Å². The van der Waals surface area contributed by atoms with Crippen molar-refractivity contribution < 1.29 is 14.6 Å². The van der Waals surface area contributed by atoms with Gasteiger partial charge in [0.15, 0.2) is 0 Å². The minimum Gasteiger partial charge on any atom is -0.391 e. The van der Waals surface area contributed by atoms with Crippen molar-refractivity contribution in [1.29, 1.82) is 0 Å². The van der Waals surface area contributed by atoms with Gasteiger partial charge in [0, 0.05) is 35.8 Å². The summed E-state index contributed by atoms with van der Waals surface area (Å²) in [6, 6.07) is 8.96. The standard InChI is InChI=1S/C23H26ClFN2O2.ClH/c24-19-10-15(25)3-5-17(19)18-11-16-4-6-20(23(18)29)27(16)12-13-8-14-2-1-7-26-22(14)21(28)9-13;/h1-3,5,7,10,13,16,18,20-21,23,28-29H,4,6,8-9,11-12H2;1H/t13-,16?,18-,20?,21+,23-;/m1./s1. The molecule has 2 aliphatic heterocycles. The van der Waals surface area contributed by atoms with Gasteiger partial charge in [0.05, 0.1) is 17.9 Å². The number of rotatable bonds is 3. The second kappa shape index (κ2) is 8.71. The number of halogens is 3. The van der Waals surface area contributed by atoms with Crippen molar-refractivity contribution in [2.45, 2.75) is 62.3 Å². The van der Waals surface area contributed by atoms with Gasteiger partial charge in [-0.15, -0.1) is 12.4 Å². The molecule has 0 saturated carbocycles. The third kappa shape index (κ3) is 3.87. The highest BCUT2D eigenvalue weighted by molar-refractivity contribution is 6.31. The molecule has 2 bridgehead atoms. The van der Waals surface area contributed by atoms with Gasteiger partial charge in [0.1, 0.15) is 5.82 Å². The molecular weight excluding hydrogens is 426 g/mol. The molecule has 1 aliphatic carbocycles. The summed E-state index contributed by atoms with van der Waals surface area (Å²) in [5.74, 6) is -0.0547. The number of aliphatic hydroxyl groups is 2. The van der Waals surface area contributed by atoms with Crippen molar-refractivity contribution >= 4 is 24.0 Å². The van der Waals surface area contributed by atoms with Crippen LogP contribution in [0.4, 0.5) is 4.39 Å². The molecule has 2 unspecified atom stereocenters. The fourth-order valence-electron chi connectivity index (χ4n) is 5.87. The summed E-state index contributed by atoms with van der Waals surface area (Å²) in [4.78, 5) is 6.81. The van der Waals surface area contributed by atoms with E-state index in [-0.39, 0.29) is 30.2 Å². The molecule has 3 heterocycles. The lowest BCUT2D eigenvalue weighted by Crippen LogP contribution is -2.52. The third-order valence-electron chi connectivity index (χ3n) is 7.16. The number of piperidine rings is 1. The highest BCUT2D eigenvalue weighted by atomic mass is 35.5. The van der Waals surface area contributed by atoms with Crippen molar-refractivity contribution in [2.24, 2.45) is 5.92 Å². The molecule has 2 N–H and O–H groups in total. The Balaban J connectivity index is 0.00000218. The van der Waals surface area contributed by atoms with Crippen molar-refractivity contribution in [3.63, 3.8) is 0 Å². The molecule has 1 aromatic heterocycles. The number of fused-ring (bicyclic) bond motifs is 3. The average molecular weight is 453 g/mol. The highest BCUT2D eigenvalue weighted by Crippen LogP contribution is 2.46. The largest absolute Gasteiger partial charge is 0.391 e. The summed E-state index contributed by atoms with van der Waals surface area (Å²) in [6.07, 6.45) is 5.20. The van der Waals surface area contributed by atoms with E-state index < -0.39 is 12.2 Å². The maximum absolute atomic E-state index is 13.5. The van der Waals surface area contributed by atoms with Gasteiger partial charge in [-0.25, -0.2) is 4.39 Å². The first-order valence-electron chi connectivity index (χ1n) is 10.5. The van der Waals surface area contributed by atoms with Gasteiger partial charge in [0.25, 0.3) is 0 Å². The van der Waals surface area contributed by atoms with E-state index in [4.69, 9.17) is 11.6 Å². The Bertz CT molecular complexity index is 915. The zero-order valence-corrected chi connectivity index (χ0v) is 18.2. The lowest BCUT2D eigenvalue weighted by atomic mass is 9.80. The second-order valence-electron chi connectivity index (χ2n) is 8.86. The Kier molecular flexibility index (Phi) is 6.38. The third-order valence-corrected chi connectivity index (χ3v) is 7.49. The summed E-state index contributed by atoms with van der Waals surface area (Å²) < 4.78 is 13.5. The number of nitrogens with zero attached hydrogens (tertiary/aromatic N) is 2. The minimum absolute atomic E-state index is 0. The molecule has 162 valence electrons. The minimum atomic E-state index is -0.515. The number of hydrogen-bond acceptors (Lipinski definition) is 4. The molecule has 6 atom stereocenters. The quantitative estimate of drug-likeness (QED) is 0.729. The van der Waals surface area contributed by atoms with E-state index in [2.05, 4.69) is 16.0 Å². The average Bonchev–Trinajstić information content (AvgIpc) is 2.99. The Morgan fingerprint density at radius 3 is 2.80 bits per heavy atom. The van der Waals surface area contributed by atoms with Gasteiger partial charge in [-0.1, -0.05) is 23.7 Å². The van der Waals surface area contributed by atoms with Crippen molar-refractivity contribution in [3.05, 3.63) is 64.2 Å². The first-order chi connectivity index (χ1) is 14.0. The van der Waals surface area contributed by atoms with Gasteiger partial charge < -0.3 is 10.2 Å². The van der Waals surface area contributed by atoms with E-state index in [1.165, 1.54) is 12.1 Å². The van der Waals surface area contributed by atoms with E-state index >= 15 is 0 Å². The zero-order chi connectivity index (χ0) is 20.1. The molecule has 4 nitrogen and oxygen atoms in total. The number of hydrogen-bond donors (Lipinski definition) is 2. The summed E-state index contributed by atoms with van der Waals surface area (Å²) in [7, 11) is 0. The number of pyridine rings is 1. The summed E-state index contributed by atoms with van der Waals surface area (Å²) >= 11 is 6.30. The molecule has 2 saturated heterocycles. The van der Waals surface area contributed by atoms with E-state index in [0.29, 0.717) is 23.4 Å². The second-order valence-corrected chi connectivity index (χ2v) is 9.27. The molecule has 0 spiro atoms. The van der Waals surface area contributed by atoms with Gasteiger partial charge in [0.2, 0.25) is 0 Å². The molecule has 2 aromatic rings. The Morgan fingerprint density at radius 1 is 1.17 bits per heavy atom. The molecule has 0 amide bonds. The molecule has 3 aliphatic rings. The fraction of sp³-hybridized carbons (Fsp3) is 0.522. The van der Waals surface area contributed by atoms with Crippen molar-refractivity contribution in [1.82, 2.24) is 9.88 Å². The van der Waals surface area contributed by atoms with Crippen molar-refractivity contribution in [2.75, 3.05) is 6.54 Å². The van der Waals surface area contributed by atoms with Crippen molar-refractivity contribution in [3.8, 4) is 0 Å². The first kappa shape index (κ1) is 22.0. The maximum Gasteiger partial charge on any atom is 0.124 e. The van der Waals surface area contributed by atoms with Crippen LogP contribution in [-0.2, 0) is 6.42 Å². The monoisotopic (exact) mass is 452 g/mol. The molecule has 7 heteroatoms. The van der Waals surface area contributed by atoms with Gasteiger partial charge in [-0.3, -0.25) is 9.88 Å². The van der Waals surface area contributed by atoms with E-state index in [1.54, 1.807) is 12.3 Å². The van der Waals surface area contributed by atoms with Crippen LogP contribution in [0.1, 0.15) is 54.5 Å². The van der Waals surface area contributed by atoms with Gasteiger partial charge >= 0.3 is 0 Å². The van der Waals surface area contributed by atoms with Gasteiger partial charge in [-0.2, -0.15) is 0 Å². The predicted molar refractivity (Wildman–Crippen MR) is 117 cm³/mol. The fourth-order valence-corrected chi connectivity index (χ4v) is 6.17. The molecule has 1 aromatic carbocycles. The van der Waals surface area contributed by atoms with Crippen LogP contribution in [0, 0.1) is 11.7 Å². The van der Waals surface area contributed by atoms with E-state index in [9.17, 15) is 14.6 Å². The maximum atomic E-state index is 13.5. The molecule has 5 rings (SSSR count). The van der Waals surface area contributed by atoms with E-state index in [1.807, 2.05) is 6.07 Å². The lowest BCUT2D eigenvalue weighted by molar-refractivity contribution is -0.0150. The van der Waals surface area contributed by atoms with Crippen LogP contribution < -0.4 is 0 Å². The van der Waals surface area contributed by atoms with Crippen LogP contribution in [0.3, 0.4) is 0 Å². The Morgan fingerprint density at radius 2 is 2.00 bits per heavy atom. The normalized spacial score (nSPS) is 33.1. The number of aromatic nitrogens is 1. The van der Waals surface area contributed by atoms with Crippen LogP contribution in [-0.4, -0.2) is 44.8 Å². The first-order valence-corrected chi connectivity index (χ1v) is 10.9. The highest BCUT2D eigenvalue weighted by Gasteiger charge is 2.48. The molecule has 0 radical (unpaired) electrons.